The van der Waals surface area contributed by atoms with Crippen LogP contribution in [0, 0.1) is 0 Å². The smallest absolute Gasteiger partial charge is 0.362 e. The fourth-order valence-corrected chi connectivity index (χ4v) is 5.66. The minimum Gasteiger partial charge on any atom is -0.477 e. The largest absolute Gasteiger partial charge is 0.477 e. The maximum Gasteiger partial charge on any atom is 0.362 e. The monoisotopic (exact) mass is 807 g/mol. The number of quaternary nitrogens is 1. The molecule has 326 valence electrons. The summed E-state index contributed by atoms with van der Waals surface area (Å²) in [5.74, 6) is -1.56. The highest BCUT2D eigenvalue weighted by Crippen LogP contribution is 2.12. The van der Waals surface area contributed by atoms with Crippen LogP contribution in [0.3, 0.4) is 0 Å². The van der Waals surface area contributed by atoms with E-state index in [1.54, 1.807) is 0 Å². The minimum atomic E-state index is -0.890. The van der Waals surface area contributed by atoms with E-state index < -0.39 is 18.1 Å². The molecule has 0 heterocycles. The highest BCUT2D eigenvalue weighted by molar-refractivity contribution is 5.72. The Morgan fingerprint density at radius 2 is 1.00 bits per heavy atom. The van der Waals surface area contributed by atoms with Gasteiger partial charge in [-0.15, -0.1) is 0 Å². The Morgan fingerprint density at radius 1 is 0.534 bits per heavy atom. The predicted molar refractivity (Wildman–Crippen MR) is 242 cm³/mol. The Kier molecular flexibility index (Phi) is 37.0. The summed E-state index contributed by atoms with van der Waals surface area (Å²) in [6.45, 7) is 4.39. The number of rotatable bonds is 37. The van der Waals surface area contributed by atoms with Crippen LogP contribution in [-0.2, 0) is 28.6 Å². The van der Waals surface area contributed by atoms with Gasteiger partial charge in [0, 0.05) is 19.3 Å². The van der Waals surface area contributed by atoms with Crippen molar-refractivity contribution >= 4 is 17.9 Å². The first kappa shape index (κ1) is 54.0. The van der Waals surface area contributed by atoms with Gasteiger partial charge >= 0.3 is 17.9 Å². The lowest BCUT2D eigenvalue weighted by atomic mass is 10.1. The molecule has 0 saturated heterocycles. The third kappa shape index (κ3) is 37.6. The van der Waals surface area contributed by atoms with E-state index in [4.69, 9.17) is 14.2 Å². The summed E-state index contributed by atoms with van der Waals surface area (Å²) >= 11 is 0. The van der Waals surface area contributed by atoms with Gasteiger partial charge in [-0.3, -0.25) is 9.59 Å². The highest BCUT2D eigenvalue weighted by Gasteiger charge is 2.31. The molecule has 0 saturated carbocycles. The third-order valence-corrected chi connectivity index (χ3v) is 9.01. The third-order valence-electron chi connectivity index (χ3n) is 9.01. The van der Waals surface area contributed by atoms with Gasteiger partial charge in [0.1, 0.15) is 6.61 Å². The number of nitrogens with zero attached hydrogens (tertiary/aromatic N) is 1. The number of esters is 2. The van der Waals surface area contributed by atoms with Crippen molar-refractivity contribution in [3.63, 3.8) is 0 Å². The zero-order valence-electron chi connectivity index (χ0n) is 36.9. The second-order valence-electron chi connectivity index (χ2n) is 15.3. The van der Waals surface area contributed by atoms with Crippen molar-refractivity contribution in [2.24, 2.45) is 0 Å². The summed E-state index contributed by atoms with van der Waals surface area (Å²) in [6.07, 6.45) is 54.2. The molecular formula is C50H80NO7+. The second-order valence-corrected chi connectivity index (χ2v) is 15.3. The molecular weight excluding hydrogens is 727 g/mol. The van der Waals surface area contributed by atoms with Crippen molar-refractivity contribution in [2.45, 2.75) is 148 Å². The molecule has 0 aromatic heterocycles. The van der Waals surface area contributed by atoms with Gasteiger partial charge in [0.15, 0.2) is 12.1 Å². The van der Waals surface area contributed by atoms with Crippen molar-refractivity contribution in [1.82, 2.24) is 0 Å². The lowest BCUT2D eigenvalue weighted by Gasteiger charge is -2.31. The van der Waals surface area contributed by atoms with Crippen molar-refractivity contribution in [2.75, 3.05) is 41.0 Å². The van der Waals surface area contributed by atoms with Crippen molar-refractivity contribution < 1.29 is 38.2 Å². The van der Waals surface area contributed by atoms with Crippen molar-refractivity contribution in [1.29, 1.82) is 0 Å². The van der Waals surface area contributed by atoms with Crippen LogP contribution in [0.1, 0.15) is 136 Å². The maximum atomic E-state index is 12.7. The number of hydrogen-bond donors (Lipinski definition) is 1. The molecule has 0 rings (SSSR count). The number of carboxylic acids is 1. The zero-order valence-corrected chi connectivity index (χ0v) is 36.9. The number of carbonyl (C=O) groups excluding carboxylic acids is 2. The number of carboxylic acid groups (broad SMARTS) is 1. The number of allylic oxidation sites excluding steroid dienone is 18. The Morgan fingerprint density at radius 3 is 1.57 bits per heavy atom. The van der Waals surface area contributed by atoms with Gasteiger partial charge in [-0.1, -0.05) is 149 Å². The topological polar surface area (TPSA) is 99.1 Å². The van der Waals surface area contributed by atoms with Crippen LogP contribution in [0.15, 0.2) is 109 Å². The average molecular weight is 807 g/mol. The molecule has 0 aliphatic rings. The second kappa shape index (κ2) is 39.8. The molecule has 8 heteroatoms. The molecule has 0 spiro atoms. The Labute approximate surface area is 353 Å². The summed E-state index contributed by atoms with van der Waals surface area (Å²) in [4.78, 5) is 37.0. The highest BCUT2D eigenvalue weighted by atomic mass is 16.6. The first-order chi connectivity index (χ1) is 28.1. The zero-order chi connectivity index (χ0) is 42.8. The minimum absolute atomic E-state index is 0.0324. The van der Waals surface area contributed by atoms with E-state index in [1.807, 2.05) is 51.5 Å². The molecule has 0 bridgehead atoms. The number of carbonyl (C=O) groups is 3. The van der Waals surface area contributed by atoms with E-state index in [9.17, 15) is 19.5 Å². The van der Waals surface area contributed by atoms with E-state index in [-0.39, 0.29) is 42.7 Å². The van der Waals surface area contributed by atoms with Gasteiger partial charge in [-0.25, -0.2) is 4.79 Å². The molecule has 0 amide bonds. The fraction of sp³-hybridized carbons (Fsp3) is 0.580. The van der Waals surface area contributed by atoms with Crippen LogP contribution in [0.2, 0.25) is 0 Å². The Balaban J connectivity index is 4.47. The quantitative estimate of drug-likeness (QED) is 0.0219. The van der Waals surface area contributed by atoms with Gasteiger partial charge in [0.25, 0.3) is 0 Å². The number of ether oxygens (including phenoxy) is 3. The summed E-state index contributed by atoms with van der Waals surface area (Å²) in [5.41, 5.74) is 0. The van der Waals surface area contributed by atoms with Crippen LogP contribution in [-0.4, -0.2) is 80.6 Å². The first-order valence-electron chi connectivity index (χ1n) is 22.0. The molecule has 1 N–H and O–H groups in total. The number of aliphatic carboxylic acids is 1. The van der Waals surface area contributed by atoms with Gasteiger partial charge < -0.3 is 23.8 Å². The van der Waals surface area contributed by atoms with Gasteiger partial charge in [-0.2, -0.15) is 0 Å². The van der Waals surface area contributed by atoms with Gasteiger partial charge in [0.2, 0.25) is 0 Å². The number of likely N-dealkylation sites (N-methyl/N-ethyl adjacent to an activating group) is 1. The molecule has 0 aliphatic heterocycles. The fourth-order valence-electron chi connectivity index (χ4n) is 5.66. The van der Waals surface area contributed by atoms with Crippen LogP contribution in [0.4, 0.5) is 0 Å². The lowest BCUT2D eigenvalue weighted by Crippen LogP contribution is -2.50. The van der Waals surface area contributed by atoms with E-state index in [2.05, 4.69) is 92.8 Å². The van der Waals surface area contributed by atoms with E-state index in [0.29, 0.717) is 12.8 Å². The average Bonchev–Trinajstić information content (AvgIpc) is 3.18. The Bertz CT molecular complexity index is 1310. The molecule has 58 heavy (non-hydrogen) atoms. The molecule has 0 fully saturated rings. The van der Waals surface area contributed by atoms with Crippen LogP contribution < -0.4 is 0 Å². The van der Waals surface area contributed by atoms with Crippen molar-refractivity contribution in [3.8, 4) is 0 Å². The predicted octanol–water partition coefficient (Wildman–Crippen LogP) is 12.1. The Hall–Kier alpha value is -4.01. The molecule has 2 unspecified atom stereocenters. The molecule has 2 atom stereocenters. The molecule has 0 aliphatic carbocycles. The lowest BCUT2D eigenvalue weighted by molar-refractivity contribution is -0.887. The van der Waals surface area contributed by atoms with E-state index >= 15 is 0 Å². The van der Waals surface area contributed by atoms with Gasteiger partial charge in [0.05, 0.1) is 34.4 Å². The van der Waals surface area contributed by atoms with Crippen LogP contribution in [0.25, 0.3) is 0 Å². The summed E-state index contributed by atoms with van der Waals surface area (Å²) in [7, 11) is 5.49. The first-order valence-corrected chi connectivity index (χ1v) is 22.0. The molecule has 0 aromatic carbocycles. The summed E-state index contributed by atoms with van der Waals surface area (Å²) in [5, 5.41) is 9.62. The normalized spacial score (nSPS) is 14.0. The molecule has 0 radical (unpaired) electrons. The molecule has 0 aromatic rings. The molecule has 8 nitrogen and oxygen atoms in total. The van der Waals surface area contributed by atoms with Crippen LogP contribution in [0.5, 0.6) is 0 Å². The van der Waals surface area contributed by atoms with Crippen LogP contribution >= 0.6 is 0 Å². The van der Waals surface area contributed by atoms with Gasteiger partial charge in [-0.05, 0) is 77.0 Å². The van der Waals surface area contributed by atoms with E-state index in [1.165, 1.54) is 0 Å². The SMILES string of the molecule is CC/C=C/C=C/C=C/C=C/CCCCCCCC(=O)OC(COCCC(C(=O)O)[N+](C)(C)C)COC(=O)CCCCC/C=C/C/C=C/C/C=C/C/C=C/C/C=C/CC. The number of unbranched alkanes of at least 4 members (excludes halogenated alkanes) is 8. The summed E-state index contributed by atoms with van der Waals surface area (Å²) < 4.78 is 17.2. The van der Waals surface area contributed by atoms with E-state index in [0.717, 1.165) is 103 Å². The maximum absolute atomic E-state index is 12.7. The van der Waals surface area contributed by atoms with Crippen molar-refractivity contribution in [3.05, 3.63) is 109 Å². The summed E-state index contributed by atoms with van der Waals surface area (Å²) in [6, 6.07) is -0.631. The standard InChI is InChI=1S/C50H79NO7/c1-6-8-10-12-14-16-18-20-22-23-24-25-27-28-30-32-34-36-38-40-48(52)57-45-46(44-56-43-42-47(50(54)55)51(3,4)5)58-49(53)41-39-37-35-33-31-29-26-21-19-17-15-13-11-9-7-2/h8-11,13-17,19-22,24-26,28,30,46-47H,6-7,12,18,23,27,29,31-45H2,1-5H3/p+1/b10-8+,11-9+,15-13+,16-14+,19-17+,22-20+,25-24+,26-21+,30-28+. The number of hydrogen-bond acceptors (Lipinski definition) is 6.